The second kappa shape index (κ2) is 12.1. The Balaban J connectivity index is 1.99. The van der Waals surface area contributed by atoms with Gasteiger partial charge < -0.3 is 15.1 Å². The molecule has 172 valence electrons. The van der Waals surface area contributed by atoms with Crippen LogP contribution in [0.4, 0.5) is 5.69 Å². The summed E-state index contributed by atoms with van der Waals surface area (Å²) < 4.78 is 0. The summed E-state index contributed by atoms with van der Waals surface area (Å²) in [7, 11) is 0. The maximum absolute atomic E-state index is 10.7. The largest absolute Gasteiger partial charge is 0.481 e. The summed E-state index contributed by atoms with van der Waals surface area (Å²) >= 11 is 0. The standard InChI is InChI=1S/C26H40N2O3/c1-4-5-11-24(29)26(2,3)21-13-15-22(16-14-21)28-18-17-20(19-27)23(28)10-8-6-7-9-12-25(30)31/h13-16,20,23-24,29H,4-12,17-18H2,1-3H3,(H,30,31). The zero-order valence-corrected chi connectivity index (χ0v) is 19.5. The number of aliphatic hydroxyl groups excluding tert-OH is 1. The minimum absolute atomic E-state index is 0.0472. The van der Waals surface area contributed by atoms with Crippen LogP contribution in [-0.2, 0) is 10.2 Å². The van der Waals surface area contributed by atoms with E-state index in [1.165, 1.54) is 0 Å². The van der Waals surface area contributed by atoms with Gasteiger partial charge in [0.2, 0.25) is 0 Å². The molecule has 3 atom stereocenters. The van der Waals surface area contributed by atoms with Crippen LogP contribution in [0.15, 0.2) is 24.3 Å². The van der Waals surface area contributed by atoms with Gasteiger partial charge in [0.05, 0.1) is 18.1 Å². The molecule has 3 unspecified atom stereocenters. The first kappa shape index (κ1) is 25.2. The van der Waals surface area contributed by atoms with E-state index in [2.05, 4.69) is 56.0 Å². The Morgan fingerprint density at radius 3 is 2.48 bits per heavy atom. The summed E-state index contributed by atoms with van der Waals surface area (Å²) in [5.41, 5.74) is 2.01. The molecule has 1 heterocycles. The predicted octanol–water partition coefficient (Wildman–Crippen LogP) is 5.66. The monoisotopic (exact) mass is 428 g/mol. The quantitative estimate of drug-likeness (QED) is 0.396. The maximum Gasteiger partial charge on any atom is 0.303 e. The molecule has 0 bridgehead atoms. The highest BCUT2D eigenvalue weighted by atomic mass is 16.4. The van der Waals surface area contributed by atoms with E-state index >= 15 is 0 Å². The highest BCUT2D eigenvalue weighted by Gasteiger charge is 2.34. The lowest BCUT2D eigenvalue weighted by molar-refractivity contribution is -0.137. The number of anilines is 1. The van der Waals surface area contributed by atoms with Gasteiger partial charge in [-0.2, -0.15) is 5.26 Å². The van der Waals surface area contributed by atoms with Gasteiger partial charge in [-0.15, -0.1) is 0 Å². The molecule has 1 aliphatic heterocycles. The van der Waals surface area contributed by atoms with Gasteiger partial charge in [0.1, 0.15) is 0 Å². The number of aliphatic hydroxyl groups is 1. The van der Waals surface area contributed by atoms with Crippen LogP contribution in [0.25, 0.3) is 0 Å². The Morgan fingerprint density at radius 1 is 1.19 bits per heavy atom. The molecule has 2 rings (SSSR count). The molecule has 1 fully saturated rings. The van der Waals surface area contributed by atoms with Gasteiger partial charge in [-0.05, 0) is 43.4 Å². The zero-order chi connectivity index (χ0) is 22.9. The van der Waals surface area contributed by atoms with Crippen LogP contribution in [0.2, 0.25) is 0 Å². The summed E-state index contributed by atoms with van der Waals surface area (Å²) in [6.45, 7) is 7.25. The van der Waals surface area contributed by atoms with Crippen LogP contribution in [-0.4, -0.2) is 34.9 Å². The second-order valence-electron chi connectivity index (χ2n) is 9.56. The van der Waals surface area contributed by atoms with Crippen molar-refractivity contribution in [3.05, 3.63) is 29.8 Å². The number of carboxylic acid groups (broad SMARTS) is 1. The van der Waals surface area contributed by atoms with Gasteiger partial charge in [0.25, 0.3) is 0 Å². The number of carboxylic acids is 1. The van der Waals surface area contributed by atoms with Gasteiger partial charge in [-0.25, -0.2) is 0 Å². The van der Waals surface area contributed by atoms with Crippen molar-refractivity contribution >= 4 is 11.7 Å². The Kier molecular flexibility index (Phi) is 9.84. The van der Waals surface area contributed by atoms with Crippen molar-refractivity contribution in [1.29, 1.82) is 5.26 Å². The van der Waals surface area contributed by atoms with E-state index in [1.54, 1.807) is 0 Å². The lowest BCUT2D eigenvalue weighted by Crippen LogP contribution is -2.34. The van der Waals surface area contributed by atoms with Crippen LogP contribution in [0.3, 0.4) is 0 Å². The fourth-order valence-electron chi connectivity index (χ4n) is 4.70. The smallest absolute Gasteiger partial charge is 0.303 e. The minimum Gasteiger partial charge on any atom is -0.481 e. The summed E-state index contributed by atoms with van der Waals surface area (Å²) in [6, 6.07) is 11.3. The predicted molar refractivity (Wildman–Crippen MR) is 125 cm³/mol. The molecule has 5 heteroatoms. The molecule has 0 saturated carbocycles. The zero-order valence-electron chi connectivity index (χ0n) is 19.5. The van der Waals surface area contributed by atoms with Crippen LogP contribution < -0.4 is 4.90 Å². The summed E-state index contributed by atoms with van der Waals surface area (Å²) in [6.07, 6.45) is 8.37. The lowest BCUT2D eigenvalue weighted by Gasteiger charge is -2.33. The van der Waals surface area contributed by atoms with E-state index in [0.717, 1.165) is 75.6 Å². The summed E-state index contributed by atoms with van der Waals surface area (Å²) in [5.74, 6) is -0.679. The number of rotatable bonds is 13. The Labute approximate surface area is 188 Å². The van der Waals surface area contributed by atoms with E-state index in [-0.39, 0.29) is 29.9 Å². The average molecular weight is 429 g/mol. The molecule has 0 aromatic heterocycles. The van der Waals surface area contributed by atoms with Crippen molar-refractivity contribution < 1.29 is 15.0 Å². The molecule has 0 spiro atoms. The number of hydrogen-bond donors (Lipinski definition) is 2. The molecule has 1 aromatic rings. The molecule has 0 radical (unpaired) electrons. The minimum atomic E-state index is -0.726. The van der Waals surface area contributed by atoms with Crippen molar-refractivity contribution in [2.75, 3.05) is 11.4 Å². The molecular formula is C26H40N2O3. The second-order valence-corrected chi connectivity index (χ2v) is 9.56. The van der Waals surface area contributed by atoms with Crippen molar-refractivity contribution in [3.63, 3.8) is 0 Å². The normalized spacial score (nSPS) is 19.9. The average Bonchev–Trinajstić information content (AvgIpc) is 3.17. The Morgan fingerprint density at radius 2 is 1.87 bits per heavy atom. The third-order valence-electron chi connectivity index (χ3n) is 6.96. The summed E-state index contributed by atoms with van der Waals surface area (Å²) in [4.78, 5) is 13.0. The number of aliphatic carboxylic acids is 1. The molecule has 1 aromatic carbocycles. The fraction of sp³-hybridized carbons (Fsp3) is 0.692. The van der Waals surface area contributed by atoms with E-state index in [4.69, 9.17) is 5.11 Å². The molecule has 0 amide bonds. The van der Waals surface area contributed by atoms with Gasteiger partial charge in [0, 0.05) is 30.1 Å². The molecule has 5 nitrogen and oxygen atoms in total. The first-order valence-corrected chi connectivity index (χ1v) is 12.0. The molecule has 31 heavy (non-hydrogen) atoms. The van der Waals surface area contributed by atoms with Crippen molar-refractivity contribution in [2.45, 2.75) is 103 Å². The van der Waals surface area contributed by atoms with Gasteiger partial charge in [-0.1, -0.05) is 65.0 Å². The Bertz CT molecular complexity index is 723. The van der Waals surface area contributed by atoms with Gasteiger partial charge in [-0.3, -0.25) is 4.79 Å². The fourth-order valence-corrected chi connectivity index (χ4v) is 4.70. The van der Waals surface area contributed by atoms with E-state index in [9.17, 15) is 15.2 Å². The number of benzene rings is 1. The van der Waals surface area contributed by atoms with Gasteiger partial charge >= 0.3 is 5.97 Å². The van der Waals surface area contributed by atoms with Crippen molar-refractivity contribution in [1.82, 2.24) is 0 Å². The van der Waals surface area contributed by atoms with Crippen molar-refractivity contribution in [3.8, 4) is 6.07 Å². The highest BCUT2D eigenvalue weighted by molar-refractivity contribution is 5.66. The number of nitrogens with zero attached hydrogens (tertiary/aromatic N) is 2. The lowest BCUT2D eigenvalue weighted by atomic mass is 9.77. The molecule has 2 N–H and O–H groups in total. The van der Waals surface area contributed by atoms with E-state index in [0.29, 0.717) is 0 Å². The summed E-state index contributed by atoms with van der Waals surface area (Å²) in [5, 5.41) is 29.0. The molecule has 1 aliphatic rings. The first-order chi connectivity index (χ1) is 14.8. The van der Waals surface area contributed by atoms with Crippen LogP contribution in [0, 0.1) is 17.2 Å². The third kappa shape index (κ3) is 6.97. The van der Waals surface area contributed by atoms with Crippen LogP contribution >= 0.6 is 0 Å². The van der Waals surface area contributed by atoms with E-state index < -0.39 is 5.97 Å². The van der Waals surface area contributed by atoms with Crippen LogP contribution in [0.1, 0.15) is 90.5 Å². The highest BCUT2D eigenvalue weighted by Crippen LogP contribution is 2.35. The maximum atomic E-state index is 10.7. The van der Waals surface area contributed by atoms with E-state index in [1.807, 2.05) is 0 Å². The molecule has 1 saturated heterocycles. The number of unbranched alkanes of at least 4 members (excludes halogenated alkanes) is 4. The first-order valence-electron chi connectivity index (χ1n) is 12.0. The number of nitriles is 1. The number of carbonyl (C=O) groups is 1. The van der Waals surface area contributed by atoms with Gasteiger partial charge in [0.15, 0.2) is 0 Å². The van der Waals surface area contributed by atoms with Crippen LogP contribution in [0.5, 0.6) is 0 Å². The third-order valence-corrected chi connectivity index (χ3v) is 6.96. The number of hydrogen-bond acceptors (Lipinski definition) is 4. The Hall–Kier alpha value is -2.06. The topological polar surface area (TPSA) is 84.6 Å². The molecular weight excluding hydrogens is 388 g/mol. The molecule has 0 aliphatic carbocycles. The SMILES string of the molecule is CCCCC(O)C(C)(C)c1ccc(N2CCC(C#N)C2CCCCCCC(=O)O)cc1. The van der Waals surface area contributed by atoms with Crippen molar-refractivity contribution in [2.24, 2.45) is 5.92 Å².